The molecule has 0 bridgehead atoms. The zero-order valence-corrected chi connectivity index (χ0v) is 15.1. The van der Waals surface area contributed by atoms with E-state index in [1.807, 2.05) is 24.3 Å². The number of nitrogens with zero attached hydrogens (tertiary/aromatic N) is 3. The number of rotatable bonds is 8. The zero-order chi connectivity index (χ0) is 18.5. The highest BCUT2D eigenvalue weighted by atomic mass is 16.5. The number of hydrogen-bond donors (Lipinski definition) is 1. The third-order valence-electron chi connectivity index (χ3n) is 4.50. The van der Waals surface area contributed by atoms with E-state index >= 15 is 0 Å². The summed E-state index contributed by atoms with van der Waals surface area (Å²) in [4.78, 5) is 18.7. The van der Waals surface area contributed by atoms with Gasteiger partial charge in [-0.1, -0.05) is 25.1 Å². The number of methoxy groups -OCH3 is 1. The summed E-state index contributed by atoms with van der Waals surface area (Å²) in [6.07, 6.45) is 1.61. The first kappa shape index (κ1) is 18.2. The van der Waals surface area contributed by atoms with Crippen LogP contribution in [0.5, 0.6) is 0 Å². The predicted octanol–water partition coefficient (Wildman–Crippen LogP) is 2.03. The Morgan fingerprint density at radius 3 is 2.73 bits per heavy atom. The van der Waals surface area contributed by atoms with Crippen molar-refractivity contribution in [1.82, 2.24) is 14.6 Å². The summed E-state index contributed by atoms with van der Waals surface area (Å²) in [6, 6.07) is 9.53. The van der Waals surface area contributed by atoms with Crippen molar-refractivity contribution in [3.63, 3.8) is 0 Å². The first-order valence-corrected chi connectivity index (χ1v) is 8.68. The molecule has 0 unspecified atom stereocenters. The normalized spacial score (nSPS) is 11.5. The van der Waals surface area contributed by atoms with Crippen molar-refractivity contribution in [2.75, 3.05) is 45.8 Å². The van der Waals surface area contributed by atoms with E-state index in [0.717, 1.165) is 34.9 Å². The lowest BCUT2D eigenvalue weighted by Crippen LogP contribution is -2.31. The molecular weight excluding hydrogens is 332 g/mol. The molecule has 138 valence electrons. The van der Waals surface area contributed by atoms with Gasteiger partial charge in [0, 0.05) is 31.0 Å². The Bertz CT molecular complexity index is 906. The Hall–Kier alpha value is -2.64. The summed E-state index contributed by atoms with van der Waals surface area (Å²) in [5.41, 5.74) is 1.96. The lowest BCUT2D eigenvalue weighted by Gasteiger charge is -2.19. The number of carbonyl (C=O) groups is 1. The smallest absolute Gasteiger partial charge is 0.356 e. The molecule has 0 saturated carbocycles. The first-order chi connectivity index (χ1) is 12.7. The molecule has 0 radical (unpaired) electrons. The van der Waals surface area contributed by atoms with Gasteiger partial charge in [-0.25, -0.2) is 9.78 Å². The molecule has 2 heterocycles. The summed E-state index contributed by atoms with van der Waals surface area (Å²) in [5, 5.41) is 1.87. The number of esters is 1. The molecule has 2 N–H and O–H groups in total. The fourth-order valence-electron chi connectivity index (χ4n) is 3.00. The lowest BCUT2D eigenvalue weighted by molar-refractivity contribution is 0.0443. The van der Waals surface area contributed by atoms with Gasteiger partial charge in [-0.15, -0.1) is 0 Å². The SMILES string of the molecule is CCN(CCOC)CCOC(=O)c1cc2c3ccccc3n(N)c2cn1. The molecule has 1 aromatic carbocycles. The summed E-state index contributed by atoms with van der Waals surface area (Å²) in [7, 11) is 1.67. The predicted molar refractivity (Wildman–Crippen MR) is 102 cm³/mol. The summed E-state index contributed by atoms with van der Waals surface area (Å²) < 4.78 is 12.0. The van der Waals surface area contributed by atoms with Crippen molar-refractivity contribution in [3.05, 3.63) is 42.2 Å². The van der Waals surface area contributed by atoms with E-state index in [-0.39, 0.29) is 5.69 Å². The lowest BCUT2D eigenvalue weighted by atomic mass is 10.1. The van der Waals surface area contributed by atoms with Crippen molar-refractivity contribution in [3.8, 4) is 0 Å². The first-order valence-electron chi connectivity index (χ1n) is 8.68. The molecule has 0 spiro atoms. The number of pyridine rings is 1. The van der Waals surface area contributed by atoms with Gasteiger partial charge >= 0.3 is 5.97 Å². The molecule has 3 rings (SSSR count). The quantitative estimate of drug-likeness (QED) is 0.491. The van der Waals surface area contributed by atoms with Crippen LogP contribution in [0.3, 0.4) is 0 Å². The van der Waals surface area contributed by atoms with E-state index in [4.69, 9.17) is 15.3 Å². The second-order valence-corrected chi connectivity index (χ2v) is 6.04. The van der Waals surface area contributed by atoms with E-state index in [9.17, 15) is 4.79 Å². The van der Waals surface area contributed by atoms with Gasteiger partial charge in [0.15, 0.2) is 0 Å². The average molecular weight is 356 g/mol. The van der Waals surface area contributed by atoms with E-state index in [1.165, 1.54) is 0 Å². The maximum absolute atomic E-state index is 12.3. The Morgan fingerprint density at radius 1 is 1.19 bits per heavy atom. The third-order valence-corrected chi connectivity index (χ3v) is 4.50. The van der Waals surface area contributed by atoms with Gasteiger partial charge in [0.2, 0.25) is 0 Å². The molecule has 7 nitrogen and oxygen atoms in total. The van der Waals surface area contributed by atoms with Crippen LogP contribution in [0.15, 0.2) is 36.5 Å². The Kier molecular flexibility index (Phi) is 5.70. The Morgan fingerprint density at radius 2 is 1.96 bits per heavy atom. The van der Waals surface area contributed by atoms with Gasteiger partial charge in [0.25, 0.3) is 0 Å². The highest BCUT2D eigenvalue weighted by Crippen LogP contribution is 2.27. The summed E-state index contributed by atoms with van der Waals surface area (Å²) in [6.45, 7) is 5.38. The van der Waals surface area contributed by atoms with E-state index in [2.05, 4.69) is 16.8 Å². The average Bonchev–Trinajstić information content (AvgIpc) is 2.96. The number of carbonyl (C=O) groups excluding carboxylic acids is 1. The van der Waals surface area contributed by atoms with Crippen molar-refractivity contribution >= 4 is 27.8 Å². The van der Waals surface area contributed by atoms with Gasteiger partial charge in [-0.3, -0.25) is 9.58 Å². The van der Waals surface area contributed by atoms with Crippen LogP contribution in [0.4, 0.5) is 0 Å². The van der Waals surface area contributed by atoms with Crippen molar-refractivity contribution in [2.45, 2.75) is 6.92 Å². The van der Waals surface area contributed by atoms with Gasteiger partial charge < -0.3 is 15.3 Å². The van der Waals surface area contributed by atoms with Gasteiger partial charge in [0.05, 0.1) is 23.8 Å². The molecule has 0 aliphatic heterocycles. The molecule has 3 aromatic rings. The van der Waals surface area contributed by atoms with Gasteiger partial charge in [-0.2, -0.15) is 0 Å². The van der Waals surface area contributed by atoms with Crippen LogP contribution < -0.4 is 5.84 Å². The van der Waals surface area contributed by atoms with Crippen LogP contribution in [0.1, 0.15) is 17.4 Å². The number of nitrogens with two attached hydrogens (primary N) is 1. The molecule has 0 atom stereocenters. The molecular formula is C19H24N4O3. The maximum Gasteiger partial charge on any atom is 0.356 e. The number of hydrogen-bond acceptors (Lipinski definition) is 6. The van der Waals surface area contributed by atoms with E-state index in [1.54, 1.807) is 24.0 Å². The maximum atomic E-state index is 12.3. The minimum Gasteiger partial charge on any atom is -0.460 e. The largest absolute Gasteiger partial charge is 0.460 e. The van der Waals surface area contributed by atoms with Crippen molar-refractivity contribution < 1.29 is 14.3 Å². The number of ether oxygens (including phenoxy) is 2. The summed E-state index contributed by atoms with van der Waals surface area (Å²) in [5.74, 6) is 5.69. The van der Waals surface area contributed by atoms with E-state index in [0.29, 0.717) is 19.8 Å². The number of likely N-dealkylation sites (N-methyl/N-ethyl adjacent to an activating group) is 1. The molecule has 0 amide bonds. The fourth-order valence-corrected chi connectivity index (χ4v) is 3.00. The highest BCUT2D eigenvalue weighted by Gasteiger charge is 2.15. The summed E-state index contributed by atoms with van der Waals surface area (Å²) >= 11 is 0. The molecule has 2 aromatic heterocycles. The Labute approximate surface area is 152 Å². The van der Waals surface area contributed by atoms with Crippen LogP contribution in [0.25, 0.3) is 21.8 Å². The number of fused-ring (bicyclic) bond motifs is 3. The molecule has 26 heavy (non-hydrogen) atoms. The van der Waals surface area contributed by atoms with Gasteiger partial charge in [-0.05, 0) is 18.7 Å². The van der Waals surface area contributed by atoms with E-state index < -0.39 is 5.97 Å². The molecule has 0 aliphatic carbocycles. The second-order valence-electron chi connectivity index (χ2n) is 6.04. The van der Waals surface area contributed by atoms with Gasteiger partial charge in [0.1, 0.15) is 12.3 Å². The number of para-hydroxylation sites is 1. The molecule has 0 aliphatic rings. The Balaban J connectivity index is 1.72. The number of aromatic nitrogens is 2. The molecule has 0 fully saturated rings. The van der Waals surface area contributed by atoms with Crippen LogP contribution in [0, 0.1) is 0 Å². The topological polar surface area (TPSA) is 82.6 Å². The zero-order valence-electron chi connectivity index (χ0n) is 15.1. The highest BCUT2D eigenvalue weighted by molar-refractivity contribution is 6.09. The fraction of sp³-hybridized carbons (Fsp3) is 0.368. The minimum absolute atomic E-state index is 0.286. The number of benzene rings is 1. The van der Waals surface area contributed by atoms with Crippen LogP contribution in [0.2, 0.25) is 0 Å². The standard InChI is InChI=1S/C19H24N4O3/c1-3-22(8-10-25-2)9-11-26-19(24)16-12-15-14-6-4-5-7-17(14)23(20)18(15)13-21-16/h4-7,12-13H,3,8-11,20H2,1-2H3. The third kappa shape index (κ3) is 3.63. The monoisotopic (exact) mass is 356 g/mol. The number of nitrogen functional groups attached to an aromatic ring is 1. The molecule has 7 heteroatoms. The molecule has 0 saturated heterocycles. The van der Waals surface area contributed by atoms with Crippen molar-refractivity contribution in [1.29, 1.82) is 0 Å². The second kappa shape index (κ2) is 8.16. The minimum atomic E-state index is -0.427. The van der Waals surface area contributed by atoms with Crippen LogP contribution in [-0.4, -0.2) is 60.5 Å². The van der Waals surface area contributed by atoms with Crippen LogP contribution >= 0.6 is 0 Å². The van der Waals surface area contributed by atoms with Crippen LogP contribution in [-0.2, 0) is 9.47 Å². The van der Waals surface area contributed by atoms with Crippen molar-refractivity contribution in [2.24, 2.45) is 0 Å².